The van der Waals surface area contributed by atoms with Gasteiger partial charge in [-0.15, -0.1) is 11.3 Å². The number of aromatic nitrogens is 2. The number of aryl methyl sites for hydroxylation is 1. The number of nitrogens with one attached hydrogen (secondary N) is 2. The molecular formula is C21H17N3O2S. The summed E-state index contributed by atoms with van der Waals surface area (Å²) in [5.74, 6) is -0.276. The van der Waals surface area contributed by atoms with Crippen LogP contribution in [0, 0.1) is 0 Å². The molecule has 4 aromatic rings. The van der Waals surface area contributed by atoms with Gasteiger partial charge in [-0.2, -0.15) is 0 Å². The average molecular weight is 375 g/mol. The van der Waals surface area contributed by atoms with Crippen LogP contribution in [0.5, 0.6) is 0 Å². The number of rotatable bonds is 4. The summed E-state index contributed by atoms with van der Waals surface area (Å²) >= 11 is 1.43. The Labute approximate surface area is 159 Å². The lowest BCUT2D eigenvalue weighted by molar-refractivity contribution is 0.102. The normalized spacial score (nSPS) is 10.9. The number of nitrogens with zero attached hydrogens (tertiary/aromatic N) is 1. The predicted octanol–water partition coefficient (Wildman–Crippen LogP) is 4.47. The van der Waals surface area contributed by atoms with Gasteiger partial charge < -0.3 is 10.3 Å². The van der Waals surface area contributed by atoms with Gasteiger partial charge in [0, 0.05) is 28.1 Å². The fraction of sp³-hybridized carbons (Fsp3) is 0.0952. The molecule has 6 heteroatoms. The van der Waals surface area contributed by atoms with Crippen molar-refractivity contribution in [2.75, 3.05) is 5.32 Å². The van der Waals surface area contributed by atoms with E-state index in [1.54, 1.807) is 17.5 Å². The number of pyridine rings is 1. The first-order valence-corrected chi connectivity index (χ1v) is 9.50. The summed E-state index contributed by atoms with van der Waals surface area (Å²) in [4.78, 5) is 31.6. The highest BCUT2D eigenvalue weighted by molar-refractivity contribution is 7.13. The molecule has 0 unspecified atom stereocenters. The maximum Gasteiger partial charge on any atom is 0.275 e. The van der Waals surface area contributed by atoms with Crippen LogP contribution in [0.3, 0.4) is 0 Å². The molecule has 4 rings (SSSR count). The summed E-state index contributed by atoms with van der Waals surface area (Å²) < 4.78 is 0. The monoisotopic (exact) mass is 375 g/mol. The Morgan fingerprint density at radius 3 is 2.74 bits per heavy atom. The zero-order chi connectivity index (χ0) is 18.8. The number of carbonyl (C=O) groups is 1. The zero-order valence-corrected chi connectivity index (χ0v) is 15.5. The van der Waals surface area contributed by atoms with Gasteiger partial charge in [0.1, 0.15) is 10.7 Å². The quantitative estimate of drug-likeness (QED) is 0.553. The highest BCUT2D eigenvalue weighted by Crippen LogP contribution is 2.24. The van der Waals surface area contributed by atoms with E-state index in [2.05, 4.69) is 15.3 Å². The van der Waals surface area contributed by atoms with E-state index in [0.717, 1.165) is 27.9 Å². The number of thiazole rings is 1. The lowest BCUT2D eigenvalue weighted by atomic mass is 10.1. The molecule has 0 aliphatic carbocycles. The summed E-state index contributed by atoms with van der Waals surface area (Å²) in [5.41, 5.74) is 3.52. The molecule has 0 atom stereocenters. The largest absolute Gasteiger partial charge is 0.322 e. The Hall–Kier alpha value is -3.25. The number of anilines is 1. The molecule has 0 radical (unpaired) electrons. The van der Waals surface area contributed by atoms with Crippen LogP contribution in [0.15, 0.2) is 64.8 Å². The van der Waals surface area contributed by atoms with Gasteiger partial charge in [0.15, 0.2) is 0 Å². The minimum atomic E-state index is -0.276. The van der Waals surface area contributed by atoms with Gasteiger partial charge in [-0.05, 0) is 24.1 Å². The molecular weight excluding hydrogens is 358 g/mol. The van der Waals surface area contributed by atoms with Gasteiger partial charge >= 0.3 is 0 Å². The number of fused-ring (bicyclic) bond motifs is 1. The van der Waals surface area contributed by atoms with Crippen molar-refractivity contribution < 1.29 is 4.79 Å². The van der Waals surface area contributed by atoms with E-state index in [1.165, 1.54) is 11.3 Å². The van der Waals surface area contributed by atoms with Crippen molar-refractivity contribution in [1.82, 2.24) is 9.97 Å². The Kier molecular flexibility index (Phi) is 4.56. The van der Waals surface area contributed by atoms with Crippen LogP contribution in [-0.2, 0) is 6.42 Å². The van der Waals surface area contributed by atoms with Crippen LogP contribution in [0.4, 0.5) is 5.69 Å². The molecule has 1 amide bonds. The Bertz CT molecular complexity index is 1180. The summed E-state index contributed by atoms with van der Waals surface area (Å²) in [6.45, 7) is 2.01. The van der Waals surface area contributed by atoms with Crippen molar-refractivity contribution >= 4 is 33.8 Å². The standard InChI is InChI=1S/C21H17N3O2S/c1-2-13-10-19(25)23-17-11-15(8-9-16(13)17)22-20(26)18-12-27-21(24-18)14-6-4-3-5-7-14/h3-12H,2H2,1H3,(H,22,26)(H,23,25). The number of hydrogen-bond donors (Lipinski definition) is 2. The van der Waals surface area contributed by atoms with Crippen molar-refractivity contribution in [3.05, 3.63) is 81.6 Å². The third kappa shape index (κ3) is 3.52. The van der Waals surface area contributed by atoms with Gasteiger partial charge in [0.25, 0.3) is 5.91 Å². The molecule has 0 bridgehead atoms. The number of carbonyl (C=O) groups excluding carboxylic acids is 1. The first-order chi connectivity index (χ1) is 13.1. The third-order valence-electron chi connectivity index (χ3n) is 4.33. The lowest BCUT2D eigenvalue weighted by Gasteiger charge is -2.07. The van der Waals surface area contributed by atoms with E-state index >= 15 is 0 Å². The molecule has 5 nitrogen and oxygen atoms in total. The first kappa shape index (κ1) is 17.2. The summed E-state index contributed by atoms with van der Waals surface area (Å²) in [7, 11) is 0. The number of amides is 1. The summed E-state index contributed by atoms with van der Waals surface area (Å²) in [6.07, 6.45) is 0.771. The van der Waals surface area contributed by atoms with Crippen LogP contribution in [0.2, 0.25) is 0 Å². The molecule has 2 aromatic carbocycles. The number of H-pyrrole nitrogens is 1. The van der Waals surface area contributed by atoms with Crippen molar-refractivity contribution in [2.24, 2.45) is 0 Å². The molecule has 0 spiro atoms. The molecule has 0 aliphatic rings. The molecule has 2 aromatic heterocycles. The Balaban J connectivity index is 1.60. The molecule has 27 heavy (non-hydrogen) atoms. The van der Waals surface area contributed by atoms with Crippen LogP contribution in [0.25, 0.3) is 21.5 Å². The molecule has 0 saturated carbocycles. The lowest BCUT2D eigenvalue weighted by Crippen LogP contribution is -2.13. The van der Waals surface area contributed by atoms with E-state index in [4.69, 9.17) is 0 Å². The van der Waals surface area contributed by atoms with E-state index < -0.39 is 0 Å². The molecule has 2 N–H and O–H groups in total. The number of hydrogen-bond acceptors (Lipinski definition) is 4. The summed E-state index contributed by atoms with van der Waals surface area (Å²) in [5, 5.41) is 6.38. The van der Waals surface area contributed by atoms with Gasteiger partial charge in [0.05, 0.1) is 5.52 Å². The van der Waals surface area contributed by atoms with Crippen molar-refractivity contribution in [3.63, 3.8) is 0 Å². The molecule has 0 saturated heterocycles. The minimum absolute atomic E-state index is 0.144. The van der Waals surface area contributed by atoms with E-state index in [-0.39, 0.29) is 11.5 Å². The van der Waals surface area contributed by atoms with Gasteiger partial charge in [-0.25, -0.2) is 4.98 Å². The van der Waals surface area contributed by atoms with Crippen LogP contribution in [-0.4, -0.2) is 15.9 Å². The average Bonchev–Trinajstić information content (AvgIpc) is 3.18. The minimum Gasteiger partial charge on any atom is -0.322 e. The van der Waals surface area contributed by atoms with Gasteiger partial charge in [-0.1, -0.05) is 43.3 Å². The van der Waals surface area contributed by atoms with Crippen molar-refractivity contribution in [2.45, 2.75) is 13.3 Å². The first-order valence-electron chi connectivity index (χ1n) is 8.62. The second kappa shape index (κ2) is 7.17. The fourth-order valence-corrected chi connectivity index (χ4v) is 3.80. The van der Waals surface area contributed by atoms with Crippen LogP contribution < -0.4 is 10.9 Å². The van der Waals surface area contributed by atoms with Crippen molar-refractivity contribution in [3.8, 4) is 10.6 Å². The third-order valence-corrected chi connectivity index (χ3v) is 5.22. The molecule has 0 aliphatic heterocycles. The second-order valence-electron chi connectivity index (χ2n) is 6.13. The van der Waals surface area contributed by atoms with Crippen molar-refractivity contribution in [1.29, 1.82) is 0 Å². The van der Waals surface area contributed by atoms with E-state index in [9.17, 15) is 9.59 Å². The van der Waals surface area contributed by atoms with Crippen LogP contribution in [0.1, 0.15) is 23.0 Å². The van der Waals surface area contributed by atoms with E-state index in [1.807, 2.05) is 49.4 Å². The van der Waals surface area contributed by atoms with E-state index in [0.29, 0.717) is 16.9 Å². The molecule has 0 fully saturated rings. The topological polar surface area (TPSA) is 74.8 Å². The molecule has 134 valence electrons. The zero-order valence-electron chi connectivity index (χ0n) is 14.7. The fourth-order valence-electron chi connectivity index (χ4n) is 2.99. The number of aromatic amines is 1. The highest BCUT2D eigenvalue weighted by Gasteiger charge is 2.13. The van der Waals surface area contributed by atoms with Gasteiger partial charge in [-0.3, -0.25) is 9.59 Å². The Morgan fingerprint density at radius 2 is 1.96 bits per heavy atom. The predicted molar refractivity (Wildman–Crippen MR) is 109 cm³/mol. The second-order valence-corrected chi connectivity index (χ2v) is 6.99. The SMILES string of the molecule is CCc1cc(=O)[nH]c2cc(NC(=O)c3csc(-c4ccccc4)n3)ccc12. The smallest absolute Gasteiger partial charge is 0.275 e. The number of benzene rings is 2. The van der Waals surface area contributed by atoms with Crippen LogP contribution >= 0.6 is 11.3 Å². The highest BCUT2D eigenvalue weighted by atomic mass is 32.1. The Morgan fingerprint density at radius 1 is 1.15 bits per heavy atom. The van der Waals surface area contributed by atoms with Gasteiger partial charge in [0.2, 0.25) is 5.56 Å². The summed E-state index contributed by atoms with van der Waals surface area (Å²) in [6, 6.07) is 16.9. The maximum absolute atomic E-state index is 12.5. The maximum atomic E-state index is 12.5. The molecule has 2 heterocycles.